The molecular formula is C17H30O3. The van der Waals surface area contributed by atoms with Crippen LogP contribution >= 0.6 is 0 Å². The Hall–Kier alpha value is -0.640. The molecule has 2 atom stereocenters. The largest absolute Gasteiger partial charge is 0.385 e. The third-order valence-corrected chi connectivity index (χ3v) is 4.04. The third kappa shape index (κ3) is 4.18. The highest BCUT2D eigenvalue weighted by atomic mass is 16.5. The lowest BCUT2D eigenvalue weighted by atomic mass is 9.81. The lowest BCUT2D eigenvalue weighted by Gasteiger charge is -2.31. The van der Waals surface area contributed by atoms with Gasteiger partial charge in [0, 0.05) is 20.1 Å². The molecule has 116 valence electrons. The zero-order valence-corrected chi connectivity index (χ0v) is 13.4. The van der Waals surface area contributed by atoms with Crippen molar-refractivity contribution in [2.24, 2.45) is 5.92 Å². The molecule has 1 aliphatic rings. The molecule has 0 aromatic heterocycles. The average Bonchev–Trinajstić information content (AvgIpc) is 2.67. The summed E-state index contributed by atoms with van der Waals surface area (Å²) in [5.41, 5.74) is 1.42. The van der Waals surface area contributed by atoms with Gasteiger partial charge in [0.1, 0.15) is 5.60 Å². The van der Waals surface area contributed by atoms with E-state index in [4.69, 9.17) is 9.47 Å². The molecule has 0 aromatic carbocycles. The van der Waals surface area contributed by atoms with E-state index in [1.165, 1.54) is 5.57 Å². The molecule has 0 bridgehead atoms. The summed E-state index contributed by atoms with van der Waals surface area (Å²) in [5.74, 6) is 0.504. The normalized spacial score (nSPS) is 29.0. The number of rotatable bonds is 8. The van der Waals surface area contributed by atoms with E-state index in [1.807, 2.05) is 0 Å². The smallest absolute Gasteiger partial charge is 0.118 e. The summed E-state index contributed by atoms with van der Waals surface area (Å²) in [4.78, 5) is 0. The standard InChI is InChI=1S/C17H30O3/c1-6-9-17(18)15(14(4)8-7-10-19-5)12-20-16(17)11-13(2)3/h6,13,16,18H,1,7-12H2,2-5H3/b15-14-/t16-,17?/m0/s1. The van der Waals surface area contributed by atoms with Gasteiger partial charge in [0.05, 0.1) is 12.7 Å². The predicted octanol–water partition coefficient (Wildman–Crippen LogP) is 3.48. The van der Waals surface area contributed by atoms with Crippen LogP contribution in [0.15, 0.2) is 23.8 Å². The monoisotopic (exact) mass is 282 g/mol. The predicted molar refractivity (Wildman–Crippen MR) is 82.8 cm³/mol. The van der Waals surface area contributed by atoms with Crippen molar-refractivity contribution in [1.29, 1.82) is 0 Å². The third-order valence-electron chi connectivity index (χ3n) is 4.04. The Labute approximate surface area is 123 Å². The quantitative estimate of drug-likeness (QED) is 0.547. The Morgan fingerprint density at radius 3 is 2.85 bits per heavy atom. The molecule has 0 spiro atoms. The first-order valence-electron chi connectivity index (χ1n) is 7.58. The molecule has 0 aliphatic carbocycles. The summed E-state index contributed by atoms with van der Waals surface area (Å²) in [6.07, 6.45) is 5.03. The van der Waals surface area contributed by atoms with Crippen LogP contribution in [0.2, 0.25) is 0 Å². The van der Waals surface area contributed by atoms with Gasteiger partial charge in [-0.05, 0) is 37.7 Å². The maximum atomic E-state index is 11.1. The van der Waals surface area contributed by atoms with Crippen LogP contribution in [-0.4, -0.2) is 37.1 Å². The molecule has 20 heavy (non-hydrogen) atoms. The average molecular weight is 282 g/mol. The summed E-state index contributed by atoms with van der Waals surface area (Å²) in [5, 5.41) is 11.1. The van der Waals surface area contributed by atoms with Crippen molar-refractivity contribution in [3.05, 3.63) is 23.8 Å². The highest BCUT2D eigenvalue weighted by Gasteiger charge is 2.46. The van der Waals surface area contributed by atoms with Gasteiger partial charge in [0.2, 0.25) is 0 Å². The van der Waals surface area contributed by atoms with Gasteiger partial charge in [-0.3, -0.25) is 0 Å². The molecule has 1 saturated heterocycles. The molecule has 0 aromatic rings. The molecule has 0 saturated carbocycles. The topological polar surface area (TPSA) is 38.7 Å². The Kier molecular flexibility index (Phi) is 6.93. The molecule has 1 N–H and O–H groups in total. The van der Waals surface area contributed by atoms with Gasteiger partial charge in [0.15, 0.2) is 0 Å². The fourth-order valence-electron chi connectivity index (χ4n) is 2.93. The zero-order chi connectivity index (χ0) is 15.2. The van der Waals surface area contributed by atoms with Crippen LogP contribution in [0.1, 0.15) is 46.5 Å². The minimum absolute atomic E-state index is 0.118. The minimum Gasteiger partial charge on any atom is -0.385 e. The van der Waals surface area contributed by atoms with E-state index in [0.717, 1.165) is 31.4 Å². The van der Waals surface area contributed by atoms with Crippen LogP contribution in [0.3, 0.4) is 0 Å². The fraction of sp³-hybridized carbons (Fsp3) is 0.765. The first kappa shape index (κ1) is 17.4. The van der Waals surface area contributed by atoms with Crippen molar-refractivity contribution in [2.45, 2.75) is 58.2 Å². The second-order valence-electron chi connectivity index (χ2n) is 6.20. The SMILES string of the molecule is C=CCC1(O)/C(=C(/C)CCCOC)CO[C@H]1CC(C)C. The van der Waals surface area contributed by atoms with Crippen molar-refractivity contribution in [3.63, 3.8) is 0 Å². The van der Waals surface area contributed by atoms with Crippen molar-refractivity contribution in [2.75, 3.05) is 20.3 Å². The number of methoxy groups -OCH3 is 1. The lowest BCUT2D eigenvalue weighted by Crippen LogP contribution is -2.40. The summed E-state index contributed by atoms with van der Waals surface area (Å²) >= 11 is 0. The molecule has 1 aliphatic heterocycles. The Balaban J connectivity index is 2.89. The second kappa shape index (κ2) is 7.96. The number of aliphatic hydroxyl groups is 1. The highest BCUT2D eigenvalue weighted by molar-refractivity contribution is 5.30. The van der Waals surface area contributed by atoms with Crippen LogP contribution in [0.5, 0.6) is 0 Å². The zero-order valence-electron chi connectivity index (χ0n) is 13.4. The number of hydrogen-bond acceptors (Lipinski definition) is 3. The number of ether oxygens (including phenoxy) is 2. The Morgan fingerprint density at radius 2 is 2.30 bits per heavy atom. The van der Waals surface area contributed by atoms with E-state index in [9.17, 15) is 5.11 Å². The first-order chi connectivity index (χ1) is 9.45. The number of allylic oxidation sites excluding steroid dienone is 1. The van der Waals surface area contributed by atoms with Crippen molar-refractivity contribution >= 4 is 0 Å². The molecule has 3 heteroatoms. The Morgan fingerprint density at radius 1 is 1.60 bits per heavy atom. The first-order valence-corrected chi connectivity index (χ1v) is 7.58. The summed E-state index contributed by atoms with van der Waals surface area (Å²) < 4.78 is 11.0. The van der Waals surface area contributed by atoms with Gasteiger partial charge < -0.3 is 14.6 Å². The summed E-state index contributed by atoms with van der Waals surface area (Å²) in [6, 6.07) is 0. The Bertz CT molecular complexity index is 346. The van der Waals surface area contributed by atoms with Crippen LogP contribution in [0.4, 0.5) is 0 Å². The maximum absolute atomic E-state index is 11.1. The van der Waals surface area contributed by atoms with E-state index in [-0.39, 0.29) is 6.10 Å². The van der Waals surface area contributed by atoms with Gasteiger partial charge >= 0.3 is 0 Å². The fourth-order valence-corrected chi connectivity index (χ4v) is 2.93. The van der Waals surface area contributed by atoms with Crippen molar-refractivity contribution in [3.8, 4) is 0 Å². The molecule has 3 nitrogen and oxygen atoms in total. The maximum Gasteiger partial charge on any atom is 0.118 e. The summed E-state index contributed by atoms with van der Waals surface area (Å²) in [7, 11) is 1.72. The van der Waals surface area contributed by atoms with E-state index >= 15 is 0 Å². The van der Waals surface area contributed by atoms with E-state index in [1.54, 1.807) is 13.2 Å². The van der Waals surface area contributed by atoms with Crippen molar-refractivity contribution in [1.82, 2.24) is 0 Å². The van der Waals surface area contributed by atoms with E-state index < -0.39 is 5.60 Å². The molecule has 1 fully saturated rings. The molecule has 0 radical (unpaired) electrons. The van der Waals surface area contributed by atoms with E-state index in [2.05, 4.69) is 27.4 Å². The lowest BCUT2D eigenvalue weighted by molar-refractivity contribution is -0.0352. The molecule has 1 rings (SSSR count). The molecular weight excluding hydrogens is 252 g/mol. The van der Waals surface area contributed by atoms with Crippen LogP contribution < -0.4 is 0 Å². The van der Waals surface area contributed by atoms with Gasteiger partial charge in [-0.25, -0.2) is 0 Å². The van der Waals surface area contributed by atoms with Crippen molar-refractivity contribution < 1.29 is 14.6 Å². The van der Waals surface area contributed by atoms with Gasteiger partial charge in [-0.1, -0.05) is 25.5 Å². The molecule has 0 amide bonds. The molecule has 1 heterocycles. The van der Waals surface area contributed by atoms with Gasteiger partial charge in [-0.2, -0.15) is 0 Å². The van der Waals surface area contributed by atoms with Gasteiger partial charge in [-0.15, -0.1) is 6.58 Å². The van der Waals surface area contributed by atoms with E-state index in [0.29, 0.717) is 18.9 Å². The minimum atomic E-state index is -0.872. The second-order valence-corrected chi connectivity index (χ2v) is 6.20. The summed E-state index contributed by atoms with van der Waals surface area (Å²) in [6.45, 7) is 11.5. The van der Waals surface area contributed by atoms with Crippen LogP contribution in [0, 0.1) is 5.92 Å². The van der Waals surface area contributed by atoms with Crippen LogP contribution in [0.25, 0.3) is 0 Å². The van der Waals surface area contributed by atoms with Gasteiger partial charge in [0.25, 0.3) is 0 Å². The highest BCUT2D eigenvalue weighted by Crippen LogP contribution is 2.39. The van der Waals surface area contributed by atoms with Crippen LogP contribution in [-0.2, 0) is 9.47 Å². The number of hydrogen-bond donors (Lipinski definition) is 1. The molecule has 1 unspecified atom stereocenters.